The van der Waals surface area contributed by atoms with E-state index in [1.807, 2.05) is 0 Å². The molecule has 0 aliphatic carbocycles. The number of rotatable bonds is 8. The Balaban J connectivity index is 2.40. The molecule has 120 valence electrons. The zero-order chi connectivity index (χ0) is 16.7. The van der Waals surface area contributed by atoms with Gasteiger partial charge in [0.05, 0.1) is 11.5 Å². The second-order valence-corrected chi connectivity index (χ2v) is 6.47. The molecule has 1 aromatic rings. The zero-order valence-corrected chi connectivity index (χ0v) is 13.9. The maximum Gasteiger partial charge on any atom is 0.326 e. The topological polar surface area (TPSA) is 83.5 Å². The van der Waals surface area contributed by atoms with Gasteiger partial charge in [-0.05, 0) is 30.2 Å². The van der Waals surface area contributed by atoms with Gasteiger partial charge in [0.15, 0.2) is 5.78 Å². The number of hydrogen-bond donors (Lipinski definition) is 2. The molecule has 0 heterocycles. The zero-order valence-electron chi connectivity index (χ0n) is 12.3. The van der Waals surface area contributed by atoms with Crippen LogP contribution in [0.25, 0.3) is 0 Å². The minimum absolute atomic E-state index is 0.0375. The minimum Gasteiger partial charge on any atom is -0.480 e. The van der Waals surface area contributed by atoms with Crippen LogP contribution >= 0.6 is 23.4 Å². The number of ketones is 1. The molecule has 1 aromatic carbocycles. The molecule has 2 N–H and O–H groups in total. The number of amides is 1. The lowest BCUT2D eigenvalue weighted by Crippen LogP contribution is -2.45. The fourth-order valence-electron chi connectivity index (χ4n) is 1.68. The molecule has 0 fully saturated rings. The third-order valence-electron chi connectivity index (χ3n) is 2.88. The molecule has 1 atom stereocenters. The first-order chi connectivity index (χ1) is 10.3. The Kier molecular flexibility index (Phi) is 7.41. The first-order valence-corrected chi connectivity index (χ1v) is 8.23. The van der Waals surface area contributed by atoms with Crippen molar-refractivity contribution >= 4 is 41.0 Å². The standard InChI is InChI=1S/C15H18ClNO4S/c1-9(2)14(15(20)21)17-13(19)8-22-7-12(18)10-3-5-11(16)6-4-10/h3-6,9,14H,7-8H2,1-2H3,(H,17,19)(H,20,21)/t14-/m0/s1. The number of thioether (sulfide) groups is 1. The third-order valence-corrected chi connectivity index (χ3v) is 4.07. The van der Waals surface area contributed by atoms with E-state index in [1.54, 1.807) is 38.1 Å². The minimum atomic E-state index is -1.06. The molecule has 0 aliphatic heterocycles. The number of benzene rings is 1. The number of carboxylic acids is 1. The SMILES string of the molecule is CC(C)[C@H](NC(=O)CSCC(=O)c1ccc(Cl)cc1)C(=O)O. The molecule has 0 radical (unpaired) electrons. The number of carbonyl (C=O) groups is 3. The molecule has 0 aliphatic rings. The van der Waals surface area contributed by atoms with Gasteiger partial charge in [-0.15, -0.1) is 11.8 Å². The molecule has 5 nitrogen and oxygen atoms in total. The van der Waals surface area contributed by atoms with Crippen molar-refractivity contribution in [3.8, 4) is 0 Å². The van der Waals surface area contributed by atoms with Crippen LogP contribution in [0.4, 0.5) is 0 Å². The predicted octanol–water partition coefficient (Wildman–Crippen LogP) is 2.48. The lowest BCUT2D eigenvalue weighted by Gasteiger charge is -2.17. The van der Waals surface area contributed by atoms with Crippen LogP contribution in [-0.4, -0.2) is 40.3 Å². The van der Waals surface area contributed by atoms with Crippen molar-refractivity contribution < 1.29 is 19.5 Å². The van der Waals surface area contributed by atoms with Crippen LogP contribution in [0.15, 0.2) is 24.3 Å². The number of aliphatic carboxylic acids is 1. The van der Waals surface area contributed by atoms with Gasteiger partial charge in [-0.25, -0.2) is 4.79 Å². The molecule has 0 unspecified atom stereocenters. The van der Waals surface area contributed by atoms with E-state index in [4.69, 9.17) is 16.7 Å². The van der Waals surface area contributed by atoms with Gasteiger partial charge in [0, 0.05) is 10.6 Å². The molecule has 0 saturated carbocycles. The summed E-state index contributed by atoms with van der Waals surface area (Å²) in [5, 5.41) is 12.0. The van der Waals surface area contributed by atoms with Crippen LogP contribution in [0.5, 0.6) is 0 Å². The van der Waals surface area contributed by atoms with Gasteiger partial charge in [0.25, 0.3) is 0 Å². The summed E-state index contributed by atoms with van der Waals surface area (Å²) in [5.41, 5.74) is 0.530. The molecule has 0 saturated heterocycles. The number of carbonyl (C=O) groups excluding carboxylic acids is 2. The van der Waals surface area contributed by atoms with Crippen LogP contribution in [0.3, 0.4) is 0 Å². The van der Waals surface area contributed by atoms with Crippen LogP contribution in [0, 0.1) is 5.92 Å². The van der Waals surface area contributed by atoms with Crippen LogP contribution < -0.4 is 5.32 Å². The smallest absolute Gasteiger partial charge is 0.326 e. The number of halogens is 1. The predicted molar refractivity (Wildman–Crippen MR) is 87.5 cm³/mol. The highest BCUT2D eigenvalue weighted by Gasteiger charge is 2.23. The molecule has 22 heavy (non-hydrogen) atoms. The molecule has 7 heteroatoms. The third kappa shape index (κ3) is 6.07. The Hall–Kier alpha value is -1.53. The highest BCUT2D eigenvalue weighted by atomic mass is 35.5. The Bertz CT molecular complexity index is 545. The van der Waals surface area contributed by atoms with Gasteiger partial charge in [0.2, 0.25) is 5.91 Å². The molecular weight excluding hydrogens is 326 g/mol. The van der Waals surface area contributed by atoms with Crippen LogP contribution in [-0.2, 0) is 9.59 Å². The van der Waals surface area contributed by atoms with E-state index in [0.29, 0.717) is 10.6 Å². The summed E-state index contributed by atoms with van der Waals surface area (Å²) in [5.74, 6) is -1.58. The Labute approximate surface area is 138 Å². The monoisotopic (exact) mass is 343 g/mol. The molecular formula is C15H18ClNO4S. The lowest BCUT2D eigenvalue weighted by atomic mass is 10.1. The van der Waals surface area contributed by atoms with Gasteiger partial charge in [-0.1, -0.05) is 25.4 Å². The van der Waals surface area contributed by atoms with Crippen molar-refractivity contribution in [2.24, 2.45) is 5.92 Å². The first kappa shape index (κ1) is 18.5. The van der Waals surface area contributed by atoms with E-state index < -0.39 is 17.9 Å². The van der Waals surface area contributed by atoms with Gasteiger partial charge < -0.3 is 10.4 Å². The van der Waals surface area contributed by atoms with Crippen molar-refractivity contribution in [1.82, 2.24) is 5.32 Å². The van der Waals surface area contributed by atoms with Gasteiger partial charge in [-0.2, -0.15) is 0 Å². The summed E-state index contributed by atoms with van der Waals surface area (Å²) < 4.78 is 0. The fourth-order valence-corrected chi connectivity index (χ4v) is 2.53. The second kappa shape index (κ2) is 8.80. The van der Waals surface area contributed by atoms with E-state index in [2.05, 4.69) is 5.32 Å². The van der Waals surface area contributed by atoms with Gasteiger partial charge >= 0.3 is 5.97 Å². The summed E-state index contributed by atoms with van der Waals surface area (Å²) in [6, 6.07) is 5.60. The quantitative estimate of drug-likeness (QED) is 0.708. The summed E-state index contributed by atoms with van der Waals surface area (Å²) in [6.45, 7) is 3.44. The summed E-state index contributed by atoms with van der Waals surface area (Å²) in [4.78, 5) is 34.6. The van der Waals surface area contributed by atoms with Crippen molar-refractivity contribution in [3.05, 3.63) is 34.9 Å². The largest absolute Gasteiger partial charge is 0.480 e. The maximum absolute atomic E-state index is 11.9. The van der Waals surface area contributed by atoms with Gasteiger partial charge in [0.1, 0.15) is 6.04 Å². The van der Waals surface area contributed by atoms with E-state index in [0.717, 1.165) is 11.8 Å². The van der Waals surface area contributed by atoms with Crippen molar-refractivity contribution in [3.63, 3.8) is 0 Å². The molecule has 0 aromatic heterocycles. The number of carboxylic acid groups (broad SMARTS) is 1. The van der Waals surface area contributed by atoms with Crippen LogP contribution in [0.1, 0.15) is 24.2 Å². The average molecular weight is 344 g/mol. The normalized spacial score (nSPS) is 12.0. The van der Waals surface area contributed by atoms with Crippen molar-refractivity contribution in [2.75, 3.05) is 11.5 Å². The van der Waals surface area contributed by atoms with E-state index in [-0.39, 0.29) is 23.2 Å². The molecule has 1 rings (SSSR count). The number of nitrogens with one attached hydrogen (secondary N) is 1. The summed E-state index contributed by atoms with van der Waals surface area (Å²) in [6.07, 6.45) is 0. The van der Waals surface area contributed by atoms with Gasteiger partial charge in [-0.3, -0.25) is 9.59 Å². The second-order valence-electron chi connectivity index (χ2n) is 5.05. The summed E-state index contributed by atoms with van der Waals surface area (Å²) in [7, 11) is 0. The van der Waals surface area contributed by atoms with E-state index in [1.165, 1.54) is 0 Å². The maximum atomic E-state index is 11.9. The molecule has 0 spiro atoms. The fraction of sp³-hybridized carbons (Fsp3) is 0.400. The Morgan fingerprint density at radius 1 is 1.18 bits per heavy atom. The highest BCUT2D eigenvalue weighted by molar-refractivity contribution is 8.00. The van der Waals surface area contributed by atoms with Crippen LogP contribution in [0.2, 0.25) is 5.02 Å². The molecule has 0 bridgehead atoms. The summed E-state index contributed by atoms with van der Waals surface area (Å²) >= 11 is 6.89. The molecule has 1 amide bonds. The average Bonchev–Trinajstić information content (AvgIpc) is 2.44. The van der Waals surface area contributed by atoms with Crippen molar-refractivity contribution in [2.45, 2.75) is 19.9 Å². The number of hydrogen-bond acceptors (Lipinski definition) is 4. The van der Waals surface area contributed by atoms with E-state index in [9.17, 15) is 14.4 Å². The number of Topliss-reactive ketones (excluding diaryl/α,β-unsaturated/α-hetero) is 1. The Morgan fingerprint density at radius 2 is 1.77 bits per heavy atom. The van der Waals surface area contributed by atoms with E-state index >= 15 is 0 Å². The lowest BCUT2D eigenvalue weighted by molar-refractivity contribution is -0.142. The highest BCUT2D eigenvalue weighted by Crippen LogP contribution is 2.12. The van der Waals surface area contributed by atoms with Crippen molar-refractivity contribution in [1.29, 1.82) is 0 Å². The first-order valence-electron chi connectivity index (χ1n) is 6.70. The Morgan fingerprint density at radius 3 is 2.27 bits per heavy atom.